The third kappa shape index (κ3) is 9.02. The van der Waals surface area contributed by atoms with Crippen molar-refractivity contribution in [3.63, 3.8) is 0 Å². The lowest BCUT2D eigenvalue weighted by Gasteiger charge is -2.30. The average molecular weight is 321 g/mol. The van der Waals surface area contributed by atoms with Crippen LogP contribution in [-0.2, 0) is 4.74 Å². The van der Waals surface area contributed by atoms with E-state index in [1.165, 1.54) is 39.2 Å². The van der Waals surface area contributed by atoms with E-state index in [1.807, 2.05) is 7.05 Å². The molecule has 6 heteroatoms. The largest absolute Gasteiger partial charge is 0.394 e. The molecule has 0 spiro atoms. The van der Waals surface area contributed by atoms with Crippen LogP contribution in [0, 0.1) is 0 Å². The first-order valence-electron chi connectivity index (χ1n) is 8.34. The Morgan fingerprint density at radius 1 is 0.955 bits per heavy atom. The van der Waals surface area contributed by atoms with Crippen molar-refractivity contribution >= 4 is 0 Å². The molecule has 0 unspecified atom stereocenters. The normalized spacial score (nSPS) is 17.5. The molecule has 0 aliphatic rings. The van der Waals surface area contributed by atoms with Gasteiger partial charge in [0.2, 0.25) is 0 Å². The Morgan fingerprint density at radius 2 is 1.55 bits per heavy atom. The fourth-order valence-electron chi connectivity index (χ4n) is 2.44. The second kappa shape index (κ2) is 13.2. The third-order valence-electron chi connectivity index (χ3n) is 4.00. The van der Waals surface area contributed by atoms with Crippen LogP contribution in [0.25, 0.3) is 0 Å². The fraction of sp³-hybridized carbons (Fsp3) is 1.00. The van der Waals surface area contributed by atoms with Gasteiger partial charge in [-0.3, -0.25) is 0 Å². The molecule has 0 bridgehead atoms. The molecule has 4 atom stereocenters. The van der Waals surface area contributed by atoms with E-state index in [9.17, 15) is 15.3 Å². The Bertz CT molecular complexity index is 255. The summed E-state index contributed by atoms with van der Waals surface area (Å²) in [5.74, 6) is 0. The number of hydrogen-bond donors (Lipinski definition) is 4. The standard InChI is InChI=1S/C16H35NO5/c1-4-5-6-7-8-9-10-17(2)11-14(22-3)16(21)15(20)13(19)12-18/h13-16,18-21H,4-12H2,1-3H3/t13-,14+,15-,16-/m1/s1. The summed E-state index contributed by atoms with van der Waals surface area (Å²) in [4.78, 5) is 2.05. The van der Waals surface area contributed by atoms with Crippen LogP contribution in [-0.4, -0.2) is 83.6 Å². The minimum absolute atomic E-state index is 0.460. The molecule has 0 aliphatic heterocycles. The third-order valence-corrected chi connectivity index (χ3v) is 4.00. The summed E-state index contributed by atoms with van der Waals surface area (Å²) in [6.45, 7) is 2.97. The number of aliphatic hydroxyl groups excluding tert-OH is 4. The summed E-state index contributed by atoms with van der Waals surface area (Å²) in [7, 11) is 3.41. The first-order chi connectivity index (χ1) is 10.5. The predicted octanol–water partition coefficient (Wildman–Crippen LogP) is 0.369. The zero-order valence-electron chi connectivity index (χ0n) is 14.3. The molecule has 0 aliphatic carbocycles. The van der Waals surface area contributed by atoms with Crippen LogP contribution < -0.4 is 0 Å². The average Bonchev–Trinajstić information content (AvgIpc) is 2.53. The second-order valence-corrected chi connectivity index (χ2v) is 6.04. The van der Waals surface area contributed by atoms with Gasteiger partial charge in [-0.25, -0.2) is 0 Å². The van der Waals surface area contributed by atoms with Gasteiger partial charge >= 0.3 is 0 Å². The molecule has 0 amide bonds. The SMILES string of the molecule is CCCCCCCCN(C)C[C@H](OC)[C@@H](O)[C@H](O)[C@H](O)CO. The van der Waals surface area contributed by atoms with Gasteiger partial charge in [0.25, 0.3) is 0 Å². The van der Waals surface area contributed by atoms with E-state index < -0.39 is 31.0 Å². The highest BCUT2D eigenvalue weighted by atomic mass is 16.5. The van der Waals surface area contributed by atoms with Crippen LogP contribution in [0.15, 0.2) is 0 Å². The van der Waals surface area contributed by atoms with E-state index in [0.717, 1.165) is 13.0 Å². The summed E-state index contributed by atoms with van der Waals surface area (Å²) >= 11 is 0. The number of unbranched alkanes of at least 4 members (excludes halogenated alkanes) is 5. The predicted molar refractivity (Wildman–Crippen MR) is 86.8 cm³/mol. The minimum Gasteiger partial charge on any atom is -0.394 e. The van der Waals surface area contributed by atoms with Gasteiger partial charge in [-0.05, 0) is 20.0 Å². The van der Waals surface area contributed by atoms with Crippen molar-refractivity contribution in [1.29, 1.82) is 0 Å². The quantitative estimate of drug-likeness (QED) is 0.345. The van der Waals surface area contributed by atoms with Gasteiger partial charge in [0.15, 0.2) is 0 Å². The Kier molecular flexibility index (Phi) is 13.1. The number of nitrogens with zero attached hydrogens (tertiary/aromatic N) is 1. The molecule has 0 saturated carbocycles. The first-order valence-corrected chi connectivity index (χ1v) is 8.34. The van der Waals surface area contributed by atoms with Gasteiger partial charge < -0.3 is 30.1 Å². The maximum Gasteiger partial charge on any atom is 0.111 e. The molecular weight excluding hydrogens is 286 g/mol. The summed E-state index contributed by atoms with van der Waals surface area (Å²) in [5, 5.41) is 38.0. The monoisotopic (exact) mass is 321 g/mol. The molecule has 0 rings (SSSR count). The number of ether oxygens (including phenoxy) is 1. The van der Waals surface area contributed by atoms with Gasteiger partial charge in [-0.1, -0.05) is 39.0 Å². The van der Waals surface area contributed by atoms with Gasteiger partial charge in [0.1, 0.15) is 18.3 Å². The van der Waals surface area contributed by atoms with E-state index in [4.69, 9.17) is 9.84 Å². The molecule has 0 fully saturated rings. The van der Waals surface area contributed by atoms with Crippen LogP contribution in [0.1, 0.15) is 45.4 Å². The Balaban J connectivity index is 4.04. The van der Waals surface area contributed by atoms with Crippen molar-refractivity contribution < 1.29 is 25.2 Å². The highest BCUT2D eigenvalue weighted by Crippen LogP contribution is 2.10. The smallest absolute Gasteiger partial charge is 0.111 e. The van der Waals surface area contributed by atoms with E-state index in [-0.39, 0.29) is 0 Å². The lowest BCUT2D eigenvalue weighted by molar-refractivity contribution is -0.127. The lowest BCUT2D eigenvalue weighted by Crippen LogP contribution is -2.50. The summed E-state index contributed by atoms with van der Waals surface area (Å²) < 4.78 is 5.21. The number of likely N-dealkylation sites (N-methyl/N-ethyl adjacent to an activating group) is 1. The van der Waals surface area contributed by atoms with E-state index in [1.54, 1.807) is 0 Å². The topological polar surface area (TPSA) is 93.4 Å². The van der Waals surface area contributed by atoms with Crippen LogP contribution in [0.5, 0.6) is 0 Å². The van der Waals surface area contributed by atoms with Crippen LogP contribution in [0.3, 0.4) is 0 Å². The first kappa shape index (κ1) is 21.8. The number of methoxy groups -OCH3 is 1. The molecule has 0 aromatic rings. The molecule has 0 radical (unpaired) electrons. The molecule has 4 N–H and O–H groups in total. The zero-order valence-corrected chi connectivity index (χ0v) is 14.3. The molecule has 0 aromatic heterocycles. The molecule has 0 aromatic carbocycles. The Labute approximate surface area is 134 Å². The van der Waals surface area contributed by atoms with E-state index >= 15 is 0 Å². The number of hydrogen-bond acceptors (Lipinski definition) is 6. The molecule has 0 saturated heterocycles. The lowest BCUT2D eigenvalue weighted by atomic mass is 10.0. The van der Waals surface area contributed by atoms with Crippen molar-refractivity contribution in [3.8, 4) is 0 Å². The van der Waals surface area contributed by atoms with Crippen LogP contribution in [0.4, 0.5) is 0 Å². The summed E-state index contributed by atoms with van der Waals surface area (Å²) in [5.41, 5.74) is 0. The van der Waals surface area contributed by atoms with Crippen molar-refractivity contribution in [2.75, 3.05) is 33.9 Å². The van der Waals surface area contributed by atoms with Gasteiger partial charge in [-0.2, -0.15) is 0 Å². The van der Waals surface area contributed by atoms with Crippen molar-refractivity contribution in [3.05, 3.63) is 0 Å². The highest BCUT2D eigenvalue weighted by molar-refractivity contribution is 4.83. The van der Waals surface area contributed by atoms with Crippen molar-refractivity contribution in [2.24, 2.45) is 0 Å². The Morgan fingerprint density at radius 3 is 2.09 bits per heavy atom. The Hall–Kier alpha value is -0.240. The molecule has 0 heterocycles. The van der Waals surface area contributed by atoms with E-state index in [0.29, 0.717) is 6.54 Å². The van der Waals surface area contributed by atoms with Crippen LogP contribution in [0.2, 0.25) is 0 Å². The molecule has 134 valence electrons. The number of aliphatic hydroxyl groups is 4. The molecule has 22 heavy (non-hydrogen) atoms. The zero-order chi connectivity index (χ0) is 17.0. The van der Waals surface area contributed by atoms with Crippen molar-refractivity contribution in [2.45, 2.75) is 69.9 Å². The maximum atomic E-state index is 10.0. The van der Waals surface area contributed by atoms with Gasteiger partial charge in [-0.15, -0.1) is 0 Å². The molecule has 6 nitrogen and oxygen atoms in total. The van der Waals surface area contributed by atoms with Crippen molar-refractivity contribution in [1.82, 2.24) is 4.90 Å². The second-order valence-electron chi connectivity index (χ2n) is 6.04. The van der Waals surface area contributed by atoms with Gasteiger partial charge in [0.05, 0.1) is 12.7 Å². The highest BCUT2D eigenvalue weighted by Gasteiger charge is 2.31. The fourth-order valence-corrected chi connectivity index (χ4v) is 2.44. The number of rotatable bonds is 14. The maximum absolute atomic E-state index is 10.0. The van der Waals surface area contributed by atoms with E-state index in [2.05, 4.69) is 11.8 Å². The minimum atomic E-state index is -1.42. The van der Waals surface area contributed by atoms with Gasteiger partial charge in [0, 0.05) is 13.7 Å². The molecular formula is C16H35NO5. The van der Waals surface area contributed by atoms with Crippen LogP contribution >= 0.6 is 0 Å². The summed E-state index contributed by atoms with van der Waals surface area (Å²) in [6, 6.07) is 0. The summed E-state index contributed by atoms with van der Waals surface area (Å²) in [6.07, 6.45) is 2.72.